The molecule has 0 radical (unpaired) electrons. The predicted molar refractivity (Wildman–Crippen MR) is 73.8 cm³/mol. The van der Waals surface area contributed by atoms with Gasteiger partial charge in [0.25, 0.3) is 0 Å². The molecule has 1 unspecified atom stereocenters. The van der Waals surface area contributed by atoms with Crippen LogP contribution in [0.25, 0.3) is 0 Å². The number of nitrogens with one attached hydrogen (secondary N) is 1. The molecule has 0 amide bonds. The number of aromatic nitrogens is 2. The summed E-state index contributed by atoms with van der Waals surface area (Å²) < 4.78 is 10.6. The van der Waals surface area contributed by atoms with E-state index in [4.69, 9.17) is 20.8 Å². The van der Waals surface area contributed by atoms with Crippen LogP contribution in [-0.2, 0) is 6.42 Å². The van der Waals surface area contributed by atoms with Gasteiger partial charge in [-0.05, 0) is 25.0 Å². The Morgan fingerprint density at radius 3 is 2.84 bits per heavy atom. The van der Waals surface area contributed by atoms with Crippen LogP contribution in [0.4, 0.5) is 6.01 Å². The minimum absolute atomic E-state index is 0.280. The Morgan fingerprint density at radius 2 is 2.16 bits per heavy atom. The van der Waals surface area contributed by atoms with Crippen LogP contribution in [0.1, 0.15) is 23.8 Å². The van der Waals surface area contributed by atoms with E-state index in [2.05, 4.69) is 15.5 Å². The van der Waals surface area contributed by atoms with E-state index in [9.17, 15) is 0 Å². The molecule has 0 bridgehead atoms. The first-order valence-electron chi connectivity index (χ1n) is 6.04. The fourth-order valence-electron chi connectivity index (χ4n) is 1.68. The smallest absolute Gasteiger partial charge is 0.315 e. The highest BCUT2D eigenvalue weighted by atomic mass is 35.5. The SMILES string of the molecule is COc1ccccc1CCNc1nnc(C(C)Cl)o1. The van der Waals surface area contributed by atoms with Gasteiger partial charge in [0.05, 0.1) is 7.11 Å². The van der Waals surface area contributed by atoms with Crippen molar-refractivity contribution in [1.82, 2.24) is 10.2 Å². The molecule has 0 fully saturated rings. The zero-order chi connectivity index (χ0) is 13.7. The third-order valence-electron chi connectivity index (χ3n) is 2.64. The second-order valence-corrected chi connectivity index (χ2v) is 4.70. The molecule has 1 atom stereocenters. The molecule has 1 aromatic heterocycles. The van der Waals surface area contributed by atoms with Crippen molar-refractivity contribution in [3.05, 3.63) is 35.7 Å². The number of hydrogen-bond donors (Lipinski definition) is 1. The maximum atomic E-state index is 5.85. The highest BCUT2D eigenvalue weighted by Gasteiger charge is 2.10. The first-order chi connectivity index (χ1) is 9.20. The lowest BCUT2D eigenvalue weighted by Crippen LogP contribution is -2.06. The highest BCUT2D eigenvalue weighted by molar-refractivity contribution is 6.20. The fraction of sp³-hybridized carbons (Fsp3) is 0.385. The number of benzene rings is 1. The third-order valence-corrected chi connectivity index (χ3v) is 2.83. The highest BCUT2D eigenvalue weighted by Crippen LogP contribution is 2.20. The number of anilines is 1. The van der Waals surface area contributed by atoms with E-state index in [1.165, 1.54) is 0 Å². The molecule has 0 aliphatic rings. The molecule has 1 N–H and O–H groups in total. The van der Waals surface area contributed by atoms with Gasteiger partial charge >= 0.3 is 6.01 Å². The number of alkyl halides is 1. The van der Waals surface area contributed by atoms with Crippen LogP contribution in [0.5, 0.6) is 5.75 Å². The van der Waals surface area contributed by atoms with E-state index >= 15 is 0 Å². The lowest BCUT2D eigenvalue weighted by atomic mass is 10.1. The molecule has 0 aliphatic carbocycles. The van der Waals surface area contributed by atoms with Crippen LogP contribution >= 0.6 is 11.6 Å². The van der Waals surface area contributed by atoms with Crippen molar-refractivity contribution in [3.63, 3.8) is 0 Å². The summed E-state index contributed by atoms with van der Waals surface area (Å²) in [7, 11) is 1.67. The van der Waals surface area contributed by atoms with Crippen LogP contribution in [0.15, 0.2) is 28.7 Å². The summed E-state index contributed by atoms with van der Waals surface area (Å²) in [5.74, 6) is 1.30. The van der Waals surface area contributed by atoms with Crippen LogP contribution < -0.4 is 10.1 Å². The van der Waals surface area contributed by atoms with E-state index < -0.39 is 0 Å². The third kappa shape index (κ3) is 3.61. The average Bonchev–Trinajstić information content (AvgIpc) is 2.88. The second-order valence-electron chi connectivity index (χ2n) is 4.05. The summed E-state index contributed by atoms with van der Waals surface area (Å²) >= 11 is 5.85. The Morgan fingerprint density at radius 1 is 1.37 bits per heavy atom. The Labute approximate surface area is 116 Å². The van der Waals surface area contributed by atoms with Crippen LogP contribution in [0, 0.1) is 0 Å². The molecule has 0 saturated heterocycles. The summed E-state index contributed by atoms with van der Waals surface area (Å²) in [4.78, 5) is 0. The van der Waals surface area contributed by atoms with Gasteiger partial charge in [0.1, 0.15) is 11.1 Å². The molecule has 102 valence electrons. The Balaban J connectivity index is 1.89. The molecule has 19 heavy (non-hydrogen) atoms. The molecule has 0 spiro atoms. The number of nitrogens with zero attached hydrogens (tertiary/aromatic N) is 2. The van der Waals surface area contributed by atoms with E-state index in [1.54, 1.807) is 14.0 Å². The molecule has 2 aromatic rings. The van der Waals surface area contributed by atoms with E-state index in [-0.39, 0.29) is 5.38 Å². The number of ether oxygens (including phenoxy) is 1. The standard InChI is InChI=1S/C13H16ClN3O2/c1-9(14)12-16-17-13(19-12)15-8-7-10-5-3-4-6-11(10)18-2/h3-6,9H,7-8H2,1-2H3,(H,15,17). The molecular weight excluding hydrogens is 266 g/mol. The van der Waals surface area contributed by atoms with E-state index in [1.807, 2.05) is 24.3 Å². The zero-order valence-electron chi connectivity index (χ0n) is 10.9. The monoisotopic (exact) mass is 281 g/mol. The topological polar surface area (TPSA) is 60.2 Å². The summed E-state index contributed by atoms with van der Waals surface area (Å²) in [5, 5.41) is 10.5. The minimum Gasteiger partial charge on any atom is -0.496 e. The molecular formula is C13H16ClN3O2. The van der Waals surface area contributed by atoms with Gasteiger partial charge in [-0.15, -0.1) is 16.7 Å². The normalized spacial score (nSPS) is 12.2. The van der Waals surface area contributed by atoms with Gasteiger partial charge in [0, 0.05) is 6.54 Å². The average molecular weight is 282 g/mol. The quantitative estimate of drug-likeness (QED) is 0.825. The minimum atomic E-state index is -0.280. The fourth-order valence-corrected chi connectivity index (χ4v) is 1.77. The van der Waals surface area contributed by atoms with Gasteiger partial charge in [0.2, 0.25) is 5.89 Å². The van der Waals surface area contributed by atoms with Gasteiger partial charge in [-0.1, -0.05) is 23.3 Å². The summed E-state index contributed by atoms with van der Waals surface area (Å²) in [6, 6.07) is 8.28. The molecule has 0 saturated carbocycles. The van der Waals surface area contributed by atoms with Gasteiger partial charge in [0.15, 0.2) is 0 Å². The Kier molecular flexibility index (Phi) is 4.63. The summed E-state index contributed by atoms with van der Waals surface area (Å²) in [6.45, 7) is 2.46. The Bertz CT molecular complexity index is 528. The Hall–Kier alpha value is -1.75. The zero-order valence-corrected chi connectivity index (χ0v) is 11.6. The van der Waals surface area contributed by atoms with Crippen molar-refractivity contribution in [1.29, 1.82) is 0 Å². The summed E-state index contributed by atoms with van der Waals surface area (Å²) in [5.41, 5.74) is 1.13. The molecule has 1 heterocycles. The van der Waals surface area contributed by atoms with E-state index in [0.717, 1.165) is 17.7 Å². The van der Waals surface area contributed by atoms with Crippen molar-refractivity contribution < 1.29 is 9.15 Å². The van der Waals surface area contributed by atoms with Crippen molar-refractivity contribution in [2.45, 2.75) is 18.7 Å². The van der Waals surface area contributed by atoms with Gasteiger partial charge in [-0.25, -0.2) is 0 Å². The molecule has 5 nitrogen and oxygen atoms in total. The maximum Gasteiger partial charge on any atom is 0.315 e. The van der Waals surface area contributed by atoms with Crippen molar-refractivity contribution in [2.75, 3.05) is 19.0 Å². The summed E-state index contributed by atoms with van der Waals surface area (Å²) in [6.07, 6.45) is 0.804. The predicted octanol–water partition coefficient (Wildman–Crippen LogP) is 3.03. The lowest BCUT2D eigenvalue weighted by molar-refractivity contribution is 0.410. The van der Waals surface area contributed by atoms with Crippen LogP contribution in [0.2, 0.25) is 0 Å². The lowest BCUT2D eigenvalue weighted by Gasteiger charge is -2.07. The first kappa shape index (κ1) is 13.7. The molecule has 2 rings (SSSR count). The van der Waals surface area contributed by atoms with Crippen molar-refractivity contribution in [3.8, 4) is 5.75 Å². The number of para-hydroxylation sites is 1. The number of methoxy groups -OCH3 is 1. The van der Waals surface area contributed by atoms with Crippen molar-refractivity contribution >= 4 is 17.6 Å². The molecule has 6 heteroatoms. The first-order valence-corrected chi connectivity index (χ1v) is 6.47. The number of rotatable bonds is 6. The molecule has 0 aliphatic heterocycles. The van der Waals surface area contributed by atoms with Gasteiger partial charge in [-0.2, -0.15) is 0 Å². The maximum absolute atomic E-state index is 5.85. The van der Waals surface area contributed by atoms with Gasteiger partial charge in [-0.3, -0.25) is 0 Å². The van der Waals surface area contributed by atoms with E-state index in [0.29, 0.717) is 18.5 Å². The van der Waals surface area contributed by atoms with Gasteiger partial charge < -0.3 is 14.5 Å². The molecule has 1 aromatic carbocycles. The number of halogens is 1. The second kappa shape index (κ2) is 6.43. The number of hydrogen-bond acceptors (Lipinski definition) is 5. The van der Waals surface area contributed by atoms with Crippen molar-refractivity contribution in [2.24, 2.45) is 0 Å². The van der Waals surface area contributed by atoms with Crippen LogP contribution in [0.3, 0.4) is 0 Å². The largest absolute Gasteiger partial charge is 0.496 e. The van der Waals surface area contributed by atoms with Crippen LogP contribution in [-0.4, -0.2) is 23.9 Å².